The third-order valence-corrected chi connectivity index (χ3v) is 4.95. The molecule has 0 aliphatic rings. The number of nitrogens with one attached hydrogen (secondary N) is 1. The van der Waals surface area contributed by atoms with Crippen LogP contribution in [-0.4, -0.2) is 14.8 Å². The minimum Gasteiger partial charge on any atom is -0.319 e. The molecule has 0 heterocycles. The molecule has 0 bridgehead atoms. The van der Waals surface area contributed by atoms with Crippen molar-refractivity contribution in [3.8, 4) is 0 Å². The van der Waals surface area contributed by atoms with E-state index in [-0.39, 0.29) is 9.92 Å². The predicted octanol–water partition coefficient (Wildman–Crippen LogP) is 3.17. The van der Waals surface area contributed by atoms with Gasteiger partial charge in [0.15, 0.2) is 0 Å². The third kappa shape index (κ3) is 3.75. The van der Waals surface area contributed by atoms with Crippen molar-refractivity contribution in [2.24, 2.45) is 0 Å². The Morgan fingerprint density at radius 1 is 1.05 bits per heavy atom. The minimum absolute atomic E-state index is 0.118. The first kappa shape index (κ1) is 16.3. The van der Waals surface area contributed by atoms with Gasteiger partial charge in [-0.05, 0) is 42.8 Å². The lowest BCUT2D eigenvalue weighted by molar-refractivity contribution is -0.108. The van der Waals surface area contributed by atoms with Crippen molar-refractivity contribution in [3.63, 3.8) is 0 Å². The van der Waals surface area contributed by atoms with Gasteiger partial charge in [0.1, 0.15) is 5.03 Å². The molecular formula is C16H14ClNO3S. The van der Waals surface area contributed by atoms with Gasteiger partial charge in [-0.15, -0.1) is 0 Å². The number of carbonyl (C=O) groups excluding carboxylic acids is 1. The van der Waals surface area contributed by atoms with Crippen molar-refractivity contribution < 1.29 is 13.2 Å². The molecule has 22 heavy (non-hydrogen) atoms. The topological polar surface area (TPSA) is 63.2 Å². The Hall–Kier alpha value is -2.11. The summed E-state index contributed by atoms with van der Waals surface area (Å²) < 4.78 is 25.2. The van der Waals surface area contributed by atoms with Crippen LogP contribution in [0.5, 0.6) is 0 Å². The smallest absolute Gasteiger partial charge is 0.221 e. The molecule has 2 aromatic carbocycles. The van der Waals surface area contributed by atoms with Crippen LogP contribution in [0.4, 0.5) is 0 Å². The van der Waals surface area contributed by atoms with Gasteiger partial charge in [0.2, 0.25) is 16.2 Å². The molecule has 114 valence electrons. The zero-order chi connectivity index (χ0) is 16.2. The molecule has 0 saturated heterocycles. The molecule has 4 nitrogen and oxygen atoms in total. The Bertz CT molecular complexity index is 794. The summed E-state index contributed by atoms with van der Waals surface area (Å²) in [5.74, 6) is 0. The van der Waals surface area contributed by atoms with Gasteiger partial charge in [0, 0.05) is 5.02 Å². The fourth-order valence-corrected chi connectivity index (χ4v) is 3.18. The molecule has 0 unspecified atom stereocenters. The zero-order valence-electron chi connectivity index (χ0n) is 11.8. The molecule has 0 aromatic heterocycles. The van der Waals surface area contributed by atoms with E-state index in [2.05, 4.69) is 5.32 Å². The van der Waals surface area contributed by atoms with Gasteiger partial charge in [-0.25, -0.2) is 8.42 Å². The molecule has 1 N–H and O–H groups in total. The van der Waals surface area contributed by atoms with Crippen LogP contribution in [0.3, 0.4) is 0 Å². The second-order valence-electron chi connectivity index (χ2n) is 4.64. The summed E-state index contributed by atoms with van der Waals surface area (Å²) in [4.78, 5) is 10.9. The zero-order valence-corrected chi connectivity index (χ0v) is 13.4. The number of rotatable bonds is 5. The summed E-state index contributed by atoms with van der Waals surface area (Å²) in [5, 5.41) is 2.62. The maximum absolute atomic E-state index is 12.6. The number of hydrogen-bond donors (Lipinski definition) is 1. The van der Waals surface area contributed by atoms with E-state index >= 15 is 0 Å². The van der Waals surface area contributed by atoms with Crippen LogP contribution < -0.4 is 5.32 Å². The van der Waals surface area contributed by atoms with Crippen LogP contribution >= 0.6 is 11.6 Å². The molecule has 6 heteroatoms. The van der Waals surface area contributed by atoms with Gasteiger partial charge in [-0.2, -0.15) is 0 Å². The number of benzene rings is 2. The van der Waals surface area contributed by atoms with Gasteiger partial charge < -0.3 is 5.32 Å². The first-order valence-corrected chi connectivity index (χ1v) is 8.29. The maximum atomic E-state index is 12.6. The molecule has 0 atom stereocenters. The monoisotopic (exact) mass is 335 g/mol. The summed E-state index contributed by atoms with van der Waals surface area (Å²) in [7, 11) is -3.80. The van der Waals surface area contributed by atoms with Gasteiger partial charge in [-0.3, -0.25) is 4.79 Å². The van der Waals surface area contributed by atoms with E-state index in [1.54, 1.807) is 36.4 Å². The van der Waals surface area contributed by atoms with Gasteiger partial charge in [0.25, 0.3) is 0 Å². The lowest BCUT2D eigenvalue weighted by atomic mass is 10.2. The van der Waals surface area contributed by atoms with Crippen molar-refractivity contribution in [2.45, 2.75) is 11.8 Å². The van der Waals surface area contributed by atoms with E-state index in [0.717, 1.165) is 5.56 Å². The van der Waals surface area contributed by atoms with Crippen LogP contribution in [0.25, 0.3) is 6.08 Å². The number of carbonyl (C=O) groups is 1. The summed E-state index contributed by atoms with van der Waals surface area (Å²) >= 11 is 5.80. The van der Waals surface area contributed by atoms with Crippen LogP contribution in [0.1, 0.15) is 11.1 Å². The maximum Gasteiger partial charge on any atom is 0.221 e. The van der Waals surface area contributed by atoms with Crippen molar-refractivity contribution in [3.05, 3.63) is 69.7 Å². The number of sulfone groups is 1. The number of hydrogen-bond acceptors (Lipinski definition) is 3. The Balaban J connectivity index is 2.48. The van der Waals surface area contributed by atoms with Crippen molar-refractivity contribution in [2.75, 3.05) is 0 Å². The first-order valence-electron chi connectivity index (χ1n) is 6.43. The second kappa shape index (κ2) is 6.77. The number of aryl methyl sites for hydroxylation is 1. The normalized spacial score (nSPS) is 12.0. The van der Waals surface area contributed by atoms with Crippen LogP contribution in [0.15, 0.2) is 58.5 Å². The number of halogens is 1. The largest absolute Gasteiger partial charge is 0.319 e. The summed E-state index contributed by atoms with van der Waals surface area (Å²) in [5.41, 5.74) is 1.56. The van der Waals surface area contributed by atoms with Crippen molar-refractivity contribution >= 4 is 33.9 Å². The van der Waals surface area contributed by atoms with Gasteiger partial charge in [0.05, 0.1) is 4.90 Å². The second-order valence-corrected chi connectivity index (χ2v) is 6.99. The van der Waals surface area contributed by atoms with E-state index in [4.69, 9.17) is 11.6 Å². The summed E-state index contributed by atoms with van der Waals surface area (Å²) in [6.45, 7) is 1.87. The molecule has 0 saturated carbocycles. The average molecular weight is 336 g/mol. The Morgan fingerprint density at radius 3 is 2.18 bits per heavy atom. The third-order valence-electron chi connectivity index (χ3n) is 2.99. The quantitative estimate of drug-likeness (QED) is 0.854. The first-order chi connectivity index (χ1) is 10.4. The summed E-state index contributed by atoms with van der Waals surface area (Å²) in [6.07, 6.45) is 1.73. The number of amides is 1. The molecule has 1 amide bonds. The van der Waals surface area contributed by atoms with Crippen molar-refractivity contribution in [1.29, 1.82) is 0 Å². The lowest BCUT2D eigenvalue weighted by Gasteiger charge is -2.08. The minimum atomic E-state index is -3.80. The highest BCUT2D eigenvalue weighted by molar-refractivity contribution is 7.95. The molecule has 0 fully saturated rings. The van der Waals surface area contributed by atoms with Crippen LogP contribution in [-0.2, 0) is 14.6 Å². The van der Waals surface area contributed by atoms with Gasteiger partial charge in [-0.1, -0.05) is 41.4 Å². The molecular weight excluding hydrogens is 322 g/mol. The molecule has 0 spiro atoms. The van der Waals surface area contributed by atoms with Crippen molar-refractivity contribution in [1.82, 2.24) is 5.32 Å². The molecule has 0 aliphatic carbocycles. The Morgan fingerprint density at radius 2 is 1.64 bits per heavy atom. The van der Waals surface area contributed by atoms with E-state index < -0.39 is 9.84 Å². The highest BCUT2D eigenvalue weighted by Crippen LogP contribution is 2.20. The standard InChI is InChI=1S/C16H14ClNO3S/c1-12-2-8-15(9-3-12)22(20,21)16(18-11-19)10-13-4-6-14(17)7-5-13/h2-11H,1H3,(H,18,19)/b16-10-. The van der Waals surface area contributed by atoms with Gasteiger partial charge >= 0.3 is 0 Å². The van der Waals surface area contributed by atoms with Crippen LogP contribution in [0.2, 0.25) is 5.02 Å². The molecule has 2 rings (SSSR count). The lowest BCUT2D eigenvalue weighted by Crippen LogP contribution is -2.19. The Kier molecular flexibility index (Phi) is 5.00. The van der Waals surface area contributed by atoms with E-state index in [1.165, 1.54) is 18.2 Å². The Labute approximate surface area is 134 Å². The molecule has 0 radical (unpaired) electrons. The van der Waals surface area contributed by atoms with Crippen LogP contribution in [0, 0.1) is 6.92 Å². The predicted molar refractivity (Wildman–Crippen MR) is 87.0 cm³/mol. The molecule has 0 aliphatic heterocycles. The fourth-order valence-electron chi connectivity index (χ4n) is 1.81. The van der Waals surface area contributed by atoms with E-state index in [0.29, 0.717) is 17.0 Å². The highest BCUT2D eigenvalue weighted by Gasteiger charge is 2.20. The average Bonchev–Trinajstić information content (AvgIpc) is 2.49. The van der Waals surface area contributed by atoms with E-state index in [9.17, 15) is 13.2 Å². The fraction of sp³-hybridized carbons (Fsp3) is 0.0625. The van der Waals surface area contributed by atoms with E-state index in [1.807, 2.05) is 6.92 Å². The molecule has 2 aromatic rings. The highest BCUT2D eigenvalue weighted by atomic mass is 35.5. The summed E-state index contributed by atoms with van der Waals surface area (Å²) in [6, 6.07) is 13.0. The SMILES string of the molecule is Cc1ccc(S(=O)(=O)/C(=C\c2ccc(Cl)cc2)NC=O)cc1.